The number of anilines is 2. The summed E-state index contributed by atoms with van der Waals surface area (Å²) < 4.78 is 13.8. The van der Waals surface area contributed by atoms with Crippen molar-refractivity contribution in [2.75, 3.05) is 11.1 Å². The van der Waals surface area contributed by atoms with Crippen LogP contribution in [0.2, 0.25) is 0 Å². The highest BCUT2D eigenvalue weighted by Crippen LogP contribution is 2.27. The highest BCUT2D eigenvalue weighted by atomic mass is 19.1. The summed E-state index contributed by atoms with van der Waals surface area (Å²) in [5.74, 6) is -1.14. The van der Waals surface area contributed by atoms with E-state index in [9.17, 15) is 9.18 Å². The van der Waals surface area contributed by atoms with Crippen LogP contribution in [0.1, 0.15) is 44.0 Å². The molecule has 0 aliphatic carbocycles. The smallest absolute Gasteiger partial charge is 0.250 e. The molecule has 1 aromatic rings. The van der Waals surface area contributed by atoms with Crippen molar-refractivity contribution in [3.8, 4) is 0 Å². The Labute approximate surface area is 107 Å². The van der Waals surface area contributed by atoms with Crippen LogP contribution in [0, 0.1) is 5.82 Å². The summed E-state index contributed by atoms with van der Waals surface area (Å²) in [6.45, 7) is 6.02. The summed E-state index contributed by atoms with van der Waals surface area (Å²) >= 11 is 0. The first-order valence-corrected chi connectivity index (χ1v) is 6.00. The molecule has 0 unspecified atom stereocenters. The first-order valence-electron chi connectivity index (χ1n) is 6.00. The van der Waals surface area contributed by atoms with E-state index in [1.807, 2.05) is 20.8 Å². The fourth-order valence-corrected chi connectivity index (χ4v) is 1.65. The number of amides is 1. The summed E-state index contributed by atoms with van der Waals surface area (Å²) in [6, 6.07) is 2.49. The van der Waals surface area contributed by atoms with Crippen LogP contribution in [-0.4, -0.2) is 11.4 Å². The second kappa shape index (κ2) is 5.25. The third-order valence-corrected chi connectivity index (χ3v) is 3.40. The molecule has 0 heterocycles. The third-order valence-electron chi connectivity index (χ3n) is 3.40. The number of nitrogens with one attached hydrogen (secondary N) is 1. The number of nitrogen functional groups attached to an aromatic ring is 1. The van der Waals surface area contributed by atoms with Gasteiger partial charge in [-0.1, -0.05) is 13.8 Å². The molecule has 5 heteroatoms. The lowest BCUT2D eigenvalue weighted by atomic mass is 9.95. The zero-order chi connectivity index (χ0) is 13.9. The minimum absolute atomic E-state index is 0.0558. The molecular weight excluding hydrogens is 233 g/mol. The highest BCUT2D eigenvalue weighted by molar-refractivity contribution is 5.99. The second-order valence-electron chi connectivity index (χ2n) is 4.68. The minimum Gasteiger partial charge on any atom is -0.398 e. The standard InChI is InChI=1S/C13H20FN3O/c1-4-13(3,5-2)17-11-6-8(12(16)18)10(15)7-9(11)14/h6-7,17H,4-5,15H2,1-3H3,(H2,16,18). The minimum atomic E-state index is -0.662. The van der Waals surface area contributed by atoms with E-state index < -0.39 is 11.7 Å². The molecule has 0 aliphatic heterocycles. The Kier molecular flexibility index (Phi) is 4.16. The fraction of sp³-hybridized carbons (Fsp3) is 0.462. The van der Waals surface area contributed by atoms with Crippen LogP contribution < -0.4 is 16.8 Å². The quantitative estimate of drug-likeness (QED) is 0.705. The number of nitrogens with two attached hydrogens (primary N) is 2. The van der Waals surface area contributed by atoms with Gasteiger partial charge < -0.3 is 16.8 Å². The van der Waals surface area contributed by atoms with Gasteiger partial charge in [-0.3, -0.25) is 4.79 Å². The van der Waals surface area contributed by atoms with E-state index in [0.717, 1.165) is 18.9 Å². The van der Waals surface area contributed by atoms with Crippen molar-refractivity contribution in [1.29, 1.82) is 0 Å². The van der Waals surface area contributed by atoms with Gasteiger partial charge in [0.2, 0.25) is 0 Å². The number of carbonyl (C=O) groups is 1. The highest BCUT2D eigenvalue weighted by Gasteiger charge is 2.22. The monoisotopic (exact) mass is 253 g/mol. The number of primary amides is 1. The molecule has 0 saturated heterocycles. The zero-order valence-corrected chi connectivity index (χ0v) is 11.0. The molecule has 100 valence electrons. The average Bonchev–Trinajstić information content (AvgIpc) is 2.32. The van der Waals surface area contributed by atoms with Crippen LogP contribution in [0.25, 0.3) is 0 Å². The third kappa shape index (κ3) is 2.91. The molecule has 0 bridgehead atoms. The molecule has 1 aromatic carbocycles. The number of hydrogen-bond acceptors (Lipinski definition) is 3. The molecule has 0 spiro atoms. The molecule has 5 N–H and O–H groups in total. The largest absolute Gasteiger partial charge is 0.398 e. The van der Waals surface area contributed by atoms with Gasteiger partial charge in [0.25, 0.3) is 5.91 Å². The van der Waals surface area contributed by atoms with Gasteiger partial charge in [0, 0.05) is 11.2 Å². The van der Waals surface area contributed by atoms with Crippen LogP contribution in [0.15, 0.2) is 12.1 Å². The zero-order valence-electron chi connectivity index (χ0n) is 11.0. The average molecular weight is 253 g/mol. The molecule has 0 fully saturated rings. The Bertz CT molecular complexity index is 456. The van der Waals surface area contributed by atoms with Gasteiger partial charge in [-0.15, -0.1) is 0 Å². The second-order valence-corrected chi connectivity index (χ2v) is 4.68. The summed E-state index contributed by atoms with van der Waals surface area (Å²) in [5, 5.41) is 3.11. The molecule has 0 aliphatic rings. The lowest BCUT2D eigenvalue weighted by molar-refractivity contribution is 0.100. The lowest BCUT2D eigenvalue weighted by Crippen LogP contribution is -2.33. The fourth-order valence-electron chi connectivity index (χ4n) is 1.65. The molecule has 18 heavy (non-hydrogen) atoms. The summed E-state index contributed by atoms with van der Waals surface area (Å²) in [4.78, 5) is 11.2. The van der Waals surface area contributed by atoms with Crippen LogP contribution in [0.5, 0.6) is 0 Å². The van der Waals surface area contributed by atoms with Gasteiger partial charge in [0.15, 0.2) is 0 Å². The van der Waals surface area contributed by atoms with Crippen molar-refractivity contribution in [2.24, 2.45) is 5.73 Å². The number of rotatable bonds is 5. The summed E-state index contributed by atoms with van der Waals surface area (Å²) in [5.41, 5.74) is 11.0. The van der Waals surface area contributed by atoms with E-state index in [1.165, 1.54) is 6.07 Å². The first kappa shape index (κ1) is 14.3. The van der Waals surface area contributed by atoms with Gasteiger partial charge in [-0.2, -0.15) is 0 Å². The molecule has 0 saturated carbocycles. The number of carbonyl (C=O) groups excluding carboxylic acids is 1. The predicted octanol–water partition coefficient (Wildman–Crippen LogP) is 2.50. The molecule has 1 rings (SSSR count). The number of halogens is 1. The van der Waals surface area contributed by atoms with Crippen molar-refractivity contribution in [3.05, 3.63) is 23.5 Å². The van der Waals surface area contributed by atoms with Gasteiger partial charge in [0.05, 0.1) is 11.3 Å². The van der Waals surface area contributed by atoms with Gasteiger partial charge in [-0.25, -0.2) is 4.39 Å². The first-order chi connectivity index (χ1) is 8.33. The van der Waals surface area contributed by atoms with E-state index >= 15 is 0 Å². The lowest BCUT2D eigenvalue weighted by Gasteiger charge is -2.30. The number of hydrogen-bond donors (Lipinski definition) is 3. The maximum atomic E-state index is 13.8. The molecule has 0 aromatic heterocycles. The van der Waals surface area contributed by atoms with Crippen molar-refractivity contribution in [1.82, 2.24) is 0 Å². The molecule has 4 nitrogen and oxygen atoms in total. The Morgan fingerprint density at radius 1 is 1.39 bits per heavy atom. The van der Waals surface area contributed by atoms with Crippen LogP contribution in [0.3, 0.4) is 0 Å². The van der Waals surface area contributed by atoms with Crippen molar-refractivity contribution in [2.45, 2.75) is 39.2 Å². The Morgan fingerprint density at radius 2 is 1.94 bits per heavy atom. The van der Waals surface area contributed by atoms with E-state index in [4.69, 9.17) is 11.5 Å². The van der Waals surface area contributed by atoms with Crippen LogP contribution >= 0.6 is 0 Å². The van der Waals surface area contributed by atoms with Gasteiger partial charge in [0.1, 0.15) is 5.82 Å². The molecule has 1 amide bonds. The normalized spacial score (nSPS) is 11.3. The molecular formula is C13H20FN3O. The predicted molar refractivity (Wildman–Crippen MR) is 71.9 cm³/mol. The number of benzene rings is 1. The molecule has 0 atom stereocenters. The van der Waals surface area contributed by atoms with Crippen molar-refractivity contribution in [3.63, 3.8) is 0 Å². The Hall–Kier alpha value is -1.78. The van der Waals surface area contributed by atoms with E-state index in [2.05, 4.69) is 5.32 Å². The van der Waals surface area contributed by atoms with Crippen molar-refractivity contribution >= 4 is 17.3 Å². The SMILES string of the molecule is CCC(C)(CC)Nc1cc(C(N)=O)c(N)cc1F. The van der Waals surface area contributed by atoms with E-state index in [-0.39, 0.29) is 22.5 Å². The van der Waals surface area contributed by atoms with E-state index in [0.29, 0.717) is 0 Å². The van der Waals surface area contributed by atoms with E-state index in [1.54, 1.807) is 0 Å². The van der Waals surface area contributed by atoms with Gasteiger partial charge >= 0.3 is 0 Å². The Balaban J connectivity index is 3.17. The van der Waals surface area contributed by atoms with Crippen LogP contribution in [0.4, 0.5) is 15.8 Å². The Morgan fingerprint density at radius 3 is 2.39 bits per heavy atom. The maximum absolute atomic E-state index is 13.8. The summed E-state index contributed by atoms with van der Waals surface area (Å²) in [7, 11) is 0. The van der Waals surface area contributed by atoms with Crippen molar-refractivity contribution < 1.29 is 9.18 Å². The topological polar surface area (TPSA) is 81.1 Å². The maximum Gasteiger partial charge on any atom is 0.250 e. The summed E-state index contributed by atoms with van der Waals surface area (Å²) in [6.07, 6.45) is 1.67. The van der Waals surface area contributed by atoms with Gasteiger partial charge in [-0.05, 0) is 31.9 Å². The molecule has 0 radical (unpaired) electrons. The van der Waals surface area contributed by atoms with Crippen LogP contribution in [-0.2, 0) is 0 Å².